The molecule has 2 radical (unpaired) electrons. The average molecular weight is 524 g/mol. The Morgan fingerprint density at radius 2 is 1.42 bits per heavy atom. The van der Waals surface area contributed by atoms with Crippen LogP contribution in [0.4, 0.5) is 9.59 Å². The van der Waals surface area contributed by atoms with Crippen molar-refractivity contribution in [1.82, 2.24) is 10.6 Å². The Hall–Kier alpha value is 0.668. The molecule has 0 bridgehead atoms. The first-order valence-corrected chi connectivity index (χ1v) is 8.18. The number of amides is 2. The standard InChI is InChI=1S/C16H30N2O6.2Y/c1-4-21-10-12-23-15(19)17-9-7-6-8-14(3)18-16(20)24-13-11-22-5-2;;/h14H,1-2,4-13H2,3H3,(H,17,19)(H,18,20);;/q-2;;. The Kier molecular flexibility index (Phi) is 28.6. The van der Waals surface area contributed by atoms with Gasteiger partial charge >= 0.3 is 12.2 Å². The maximum Gasteiger partial charge on any atom is 0.407 e. The third-order valence-electron chi connectivity index (χ3n) is 2.91. The third kappa shape index (κ3) is 22.7. The summed E-state index contributed by atoms with van der Waals surface area (Å²) in [7, 11) is 0. The number of alkyl carbamates (subject to hydrolysis) is 2. The zero-order valence-electron chi connectivity index (χ0n) is 15.7. The average Bonchev–Trinajstić information content (AvgIpc) is 2.55. The molecule has 1 atom stereocenters. The van der Waals surface area contributed by atoms with Gasteiger partial charge in [0.25, 0.3) is 0 Å². The van der Waals surface area contributed by atoms with Gasteiger partial charge in [0.2, 0.25) is 0 Å². The fraction of sp³-hybridized carbons (Fsp3) is 0.750. The number of hydrogen-bond acceptors (Lipinski definition) is 6. The molecule has 2 amide bonds. The van der Waals surface area contributed by atoms with Gasteiger partial charge in [0.1, 0.15) is 13.2 Å². The van der Waals surface area contributed by atoms with Crippen molar-refractivity contribution in [2.24, 2.45) is 0 Å². The van der Waals surface area contributed by atoms with Gasteiger partial charge in [-0.25, -0.2) is 9.59 Å². The molecule has 2 N–H and O–H groups in total. The third-order valence-corrected chi connectivity index (χ3v) is 2.91. The van der Waals surface area contributed by atoms with Gasteiger partial charge in [0.15, 0.2) is 0 Å². The summed E-state index contributed by atoms with van der Waals surface area (Å²) in [5.41, 5.74) is 0. The summed E-state index contributed by atoms with van der Waals surface area (Å²) in [6.45, 7) is 11.3. The number of ether oxygens (including phenoxy) is 4. The Morgan fingerprint density at radius 1 is 0.885 bits per heavy atom. The van der Waals surface area contributed by atoms with E-state index in [1.165, 1.54) is 0 Å². The zero-order valence-corrected chi connectivity index (χ0v) is 21.3. The van der Waals surface area contributed by atoms with Crippen molar-refractivity contribution in [2.45, 2.75) is 32.2 Å². The van der Waals surface area contributed by atoms with Crippen LogP contribution in [-0.4, -0.2) is 64.4 Å². The number of hydrogen-bond donors (Lipinski definition) is 2. The van der Waals surface area contributed by atoms with Gasteiger partial charge in [-0.15, -0.1) is 0 Å². The SMILES string of the molecule is [CH2-]COCCOC(=O)NCCCCC(C)NC(=O)OCCOC[CH2-].[Y].[Y]. The zero-order chi connectivity index (χ0) is 18.0. The molecule has 26 heavy (non-hydrogen) atoms. The molecule has 0 aromatic rings. The van der Waals surface area contributed by atoms with Crippen molar-refractivity contribution < 1.29 is 94.0 Å². The predicted octanol–water partition coefficient (Wildman–Crippen LogP) is 1.69. The smallest absolute Gasteiger partial charge is 0.407 e. The molecular weight excluding hydrogens is 494 g/mol. The Labute approximate surface area is 207 Å². The van der Waals surface area contributed by atoms with Crippen molar-refractivity contribution in [2.75, 3.05) is 46.2 Å². The van der Waals surface area contributed by atoms with E-state index in [2.05, 4.69) is 24.5 Å². The van der Waals surface area contributed by atoms with E-state index < -0.39 is 12.2 Å². The number of unbranched alkanes of at least 4 members (excludes halogenated alkanes) is 1. The summed E-state index contributed by atoms with van der Waals surface area (Å²) < 4.78 is 19.7. The van der Waals surface area contributed by atoms with Crippen LogP contribution in [0.15, 0.2) is 0 Å². The normalized spacial score (nSPS) is 10.7. The minimum atomic E-state index is -0.457. The summed E-state index contributed by atoms with van der Waals surface area (Å²) in [4.78, 5) is 22.8. The molecule has 0 aromatic heterocycles. The van der Waals surface area contributed by atoms with E-state index in [-0.39, 0.29) is 84.7 Å². The van der Waals surface area contributed by atoms with Crippen LogP contribution in [0.5, 0.6) is 0 Å². The molecule has 0 fully saturated rings. The summed E-state index contributed by atoms with van der Waals surface area (Å²) in [5.74, 6) is 0. The van der Waals surface area contributed by atoms with Gasteiger partial charge in [-0.2, -0.15) is 0 Å². The molecule has 0 aliphatic rings. The molecule has 0 rings (SSSR count). The first kappa shape index (κ1) is 31.4. The maximum absolute atomic E-state index is 11.4. The van der Waals surface area contributed by atoms with Crippen LogP contribution in [0.2, 0.25) is 0 Å². The number of rotatable bonds is 14. The first-order chi connectivity index (χ1) is 11.6. The van der Waals surface area contributed by atoms with Crippen LogP contribution in [0.3, 0.4) is 0 Å². The van der Waals surface area contributed by atoms with Gasteiger partial charge < -0.3 is 43.4 Å². The number of nitrogens with one attached hydrogen (secondary N) is 2. The molecular formula is C16H30N2O6Y2-2. The van der Waals surface area contributed by atoms with Crippen molar-refractivity contribution in [1.29, 1.82) is 0 Å². The van der Waals surface area contributed by atoms with Crippen molar-refractivity contribution >= 4 is 12.2 Å². The Balaban J connectivity index is -0.00000264. The minimum absolute atomic E-state index is 0. The van der Waals surface area contributed by atoms with Crippen molar-refractivity contribution in [3.8, 4) is 0 Å². The fourth-order valence-electron chi connectivity index (χ4n) is 1.72. The van der Waals surface area contributed by atoms with Crippen LogP contribution in [-0.2, 0) is 84.4 Å². The Morgan fingerprint density at radius 3 is 1.96 bits per heavy atom. The largest absolute Gasteiger partial charge is 0.447 e. The minimum Gasteiger partial charge on any atom is -0.447 e. The topological polar surface area (TPSA) is 95.1 Å². The van der Waals surface area contributed by atoms with Crippen LogP contribution < -0.4 is 10.6 Å². The monoisotopic (exact) mass is 524 g/mol. The van der Waals surface area contributed by atoms with Crippen molar-refractivity contribution in [3.05, 3.63) is 13.8 Å². The summed E-state index contributed by atoms with van der Waals surface area (Å²) >= 11 is 0. The molecule has 0 saturated heterocycles. The van der Waals surface area contributed by atoms with E-state index in [1.54, 1.807) is 0 Å². The Bertz CT molecular complexity index is 338. The van der Waals surface area contributed by atoms with E-state index in [0.29, 0.717) is 33.0 Å². The summed E-state index contributed by atoms with van der Waals surface area (Å²) in [5, 5.41) is 5.38. The first-order valence-electron chi connectivity index (χ1n) is 8.18. The van der Waals surface area contributed by atoms with Crippen LogP contribution in [0.1, 0.15) is 26.2 Å². The maximum atomic E-state index is 11.4. The number of carbonyl (C=O) groups excluding carboxylic acids is 2. The molecule has 0 aliphatic carbocycles. The molecule has 10 heteroatoms. The van der Waals surface area contributed by atoms with E-state index in [0.717, 1.165) is 19.3 Å². The van der Waals surface area contributed by atoms with Gasteiger partial charge in [0, 0.05) is 78.0 Å². The van der Waals surface area contributed by atoms with Gasteiger partial charge in [-0.3, -0.25) is 0 Å². The second kappa shape index (κ2) is 23.7. The second-order valence-corrected chi connectivity index (χ2v) is 4.96. The number of carbonyl (C=O) groups is 2. The van der Waals surface area contributed by atoms with E-state index >= 15 is 0 Å². The van der Waals surface area contributed by atoms with E-state index in [4.69, 9.17) is 18.9 Å². The molecule has 0 heterocycles. The molecule has 148 valence electrons. The van der Waals surface area contributed by atoms with Gasteiger partial charge in [-0.1, -0.05) is 13.2 Å². The van der Waals surface area contributed by atoms with E-state index in [1.807, 2.05) is 6.92 Å². The molecule has 0 saturated carbocycles. The van der Waals surface area contributed by atoms with E-state index in [9.17, 15) is 9.59 Å². The van der Waals surface area contributed by atoms with Crippen LogP contribution in [0, 0.1) is 13.8 Å². The molecule has 0 spiro atoms. The van der Waals surface area contributed by atoms with Crippen LogP contribution in [0.25, 0.3) is 0 Å². The molecule has 0 aromatic carbocycles. The van der Waals surface area contributed by atoms with Gasteiger partial charge in [-0.05, 0) is 26.2 Å². The molecule has 1 unspecified atom stereocenters. The predicted molar refractivity (Wildman–Crippen MR) is 89.5 cm³/mol. The van der Waals surface area contributed by atoms with Crippen molar-refractivity contribution in [3.63, 3.8) is 0 Å². The fourth-order valence-corrected chi connectivity index (χ4v) is 1.72. The summed E-state index contributed by atoms with van der Waals surface area (Å²) in [6.07, 6.45) is 1.53. The molecule has 8 nitrogen and oxygen atoms in total. The molecule has 0 aliphatic heterocycles. The van der Waals surface area contributed by atoms with Gasteiger partial charge in [0.05, 0.1) is 13.2 Å². The second-order valence-electron chi connectivity index (χ2n) is 4.96. The summed E-state index contributed by atoms with van der Waals surface area (Å²) in [6, 6.07) is -0.00184. The van der Waals surface area contributed by atoms with Crippen LogP contribution >= 0.6 is 0 Å². The quantitative estimate of drug-likeness (QED) is 0.266.